The molecular weight excluding hydrogens is 394 g/mol. The van der Waals surface area contributed by atoms with E-state index in [1.54, 1.807) is 0 Å². The van der Waals surface area contributed by atoms with Crippen molar-refractivity contribution in [2.75, 3.05) is 72.5 Å². The van der Waals surface area contributed by atoms with Gasteiger partial charge < -0.3 is 26.2 Å². The van der Waals surface area contributed by atoms with E-state index in [1.165, 1.54) is 142 Å². The van der Waals surface area contributed by atoms with Crippen molar-refractivity contribution >= 4 is 0 Å². The van der Waals surface area contributed by atoms with Gasteiger partial charge in [-0.25, -0.2) is 0 Å². The fraction of sp³-hybridized carbons (Fsp3) is 1.00. The molecule has 0 aromatic heterocycles. The van der Waals surface area contributed by atoms with Crippen molar-refractivity contribution in [1.29, 1.82) is 0 Å². The molecule has 0 spiro atoms. The zero-order valence-corrected chi connectivity index (χ0v) is 21.6. The lowest BCUT2D eigenvalue weighted by atomic mass is 9.84. The standard InChI is InChI=1S/C14H27N.C8H19N3.C5H11N/c1-2-5-13(6-3-1)7-4-8-14-9-11-15-12-10-14;1-10-5-7-11(8-6-10)4-2-3-9;1-2-4-6-5-3-1/h13-15H,1-12H2;2-9H2,1H3;6H,1-5H2. The van der Waals surface area contributed by atoms with Gasteiger partial charge in [0.05, 0.1) is 0 Å². The SMILES string of the molecule is C1CCC(CCCC2CCNCC2)CC1.C1CCNCC1.CN1CCN(CCCN)CC1. The van der Waals surface area contributed by atoms with Crippen LogP contribution in [0.3, 0.4) is 0 Å². The van der Waals surface area contributed by atoms with Crippen LogP contribution in [0.4, 0.5) is 0 Å². The zero-order chi connectivity index (χ0) is 22.7. The van der Waals surface area contributed by atoms with E-state index in [-0.39, 0.29) is 0 Å². The van der Waals surface area contributed by atoms with Gasteiger partial charge >= 0.3 is 0 Å². The maximum absolute atomic E-state index is 5.44. The van der Waals surface area contributed by atoms with Crippen LogP contribution in [0.1, 0.15) is 89.9 Å². The summed E-state index contributed by atoms with van der Waals surface area (Å²) in [5, 5.41) is 6.74. The second-order valence-electron chi connectivity index (χ2n) is 10.7. The van der Waals surface area contributed by atoms with Crippen LogP contribution in [-0.4, -0.2) is 82.3 Å². The molecule has 0 radical (unpaired) electrons. The summed E-state index contributed by atoms with van der Waals surface area (Å²) >= 11 is 0. The van der Waals surface area contributed by atoms with Crippen molar-refractivity contribution < 1.29 is 0 Å². The first-order valence-electron chi connectivity index (χ1n) is 14.3. The molecule has 0 amide bonds. The molecule has 190 valence electrons. The van der Waals surface area contributed by atoms with Gasteiger partial charge in [-0.15, -0.1) is 0 Å². The lowest BCUT2D eigenvalue weighted by molar-refractivity contribution is 0.153. The molecule has 3 aliphatic heterocycles. The normalized spacial score (nSPS) is 24.2. The van der Waals surface area contributed by atoms with Crippen LogP contribution in [0.5, 0.6) is 0 Å². The maximum atomic E-state index is 5.44. The van der Waals surface area contributed by atoms with Gasteiger partial charge in [0.1, 0.15) is 0 Å². The molecule has 4 fully saturated rings. The highest BCUT2D eigenvalue weighted by molar-refractivity contribution is 4.71. The van der Waals surface area contributed by atoms with Gasteiger partial charge in [0.2, 0.25) is 0 Å². The van der Waals surface area contributed by atoms with Crippen molar-refractivity contribution in [3.8, 4) is 0 Å². The van der Waals surface area contributed by atoms with Gasteiger partial charge in [0.15, 0.2) is 0 Å². The van der Waals surface area contributed by atoms with Crippen LogP contribution in [0.2, 0.25) is 0 Å². The molecular formula is C27H57N5. The number of nitrogens with zero attached hydrogens (tertiary/aromatic N) is 2. The minimum absolute atomic E-state index is 0.826. The summed E-state index contributed by atoms with van der Waals surface area (Å²) in [5.41, 5.74) is 5.44. The molecule has 4 aliphatic rings. The summed E-state index contributed by atoms with van der Waals surface area (Å²) in [6, 6.07) is 0. The molecule has 0 aromatic carbocycles. The van der Waals surface area contributed by atoms with E-state index in [9.17, 15) is 0 Å². The van der Waals surface area contributed by atoms with Crippen LogP contribution >= 0.6 is 0 Å². The highest BCUT2D eigenvalue weighted by Gasteiger charge is 2.16. The Kier molecular flexibility index (Phi) is 16.8. The lowest BCUT2D eigenvalue weighted by Gasteiger charge is -2.32. The average Bonchev–Trinajstić information content (AvgIpc) is 2.87. The van der Waals surface area contributed by atoms with Gasteiger partial charge in [-0.05, 0) is 90.3 Å². The smallest absolute Gasteiger partial charge is 0.0110 e. The van der Waals surface area contributed by atoms with Gasteiger partial charge in [0, 0.05) is 26.2 Å². The second kappa shape index (κ2) is 19.1. The minimum atomic E-state index is 0.826. The van der Waals surface area contributed by atoms with Crippen molar-refractivity contribution in [3.63, 3.8) is 0 Å². The summed E-state index contributed by atoms with van der Waals surface area (Å²) in [4.78, 5) is 4.87. The molecule has 0 unspecified atom stereocenters. The molecule has 4 rings (SSSR count). The van der Waals surface area contributed by atoms with Gasteiger partial charge in [-0.3, -0.25) is 0 Å². The van der Waals surface area contributed by atoms with E-state index in [4.69, 9.17) is 5.73 Å². The Morgan fingerprint density at radius 2 is 1.22 bits per heavy atom. The van der Waals surface area contributed by atoms with Crippen molar-refractivity contribution in [2.45, 2.75) is 89.9 Å². The average molecular weight is 452 g/mol. The highest BCUT2D eigenvalue weighted by Crippen LogP contribution is 2.29. The van der Waals surface area contributed by atoms with E-state index in [0.717, 1.165) is 24.8 Å². The maximum Gasteiger partial charge on any atom is 0.0110 e. The minimum Gasteiger partial charge on any atom is -0.330 e. The summed E-state index contributed by atoms with van der Waals surface area (Å²) in [5.74, 6) is 2.15. The quantitative estimate of drug-likeness (QED) is 0.544. The predicted octanol–water partition coefficient (Wildman–Crippen LogP) is 4.08. The molecule has 3 heterocycles. The third-order valence-corrected chi connectivity index (χ3v) is 7.89. The van der Waals surface area contributed by atoms with Crippen LogP contribution in [0.15, 0.2) is 0 Å². The molecule has 0 bridgehead atoms. The Bertz CT molecular complexity index is 363. The molecule has 5 heteroatoms. The van der Waals surface area contributed by atoms with Gasteiger partial charge in [0.25, 0.3) is 0 Å². The molecule has 0 atom stereocenters. The van der Waals surface area contributed by atoms with E-state index < -0.39 is 0 Å². The first kappa shape index (κ1) is 28.0. The number of hydrogen-bond donors (Lipinski definition) is 3. The third-order valence-electron chi connectivity index (χ3n) is 7.89. The fourth-order valence-corrected chi connectivity index (χ4v) is 5.53. The van der Waals surface area contributed by atoms with Crippen LogP contribution in [0.25, 0.3) is 0 Å². The molecule has 32 heavy (non-hydrogen) atoms. The zero-order valence-electron chi connectivity index (χ0n) is 21.6. The Balaban J connectivity index is 0.000000187. The fourth-order valence-electron chi connectivity index (χ4n) is 5.53. The van der Waals surface area contributed by atoms with Crippen molar-refractivity contribution in [3.05, 3.63) is 0 Å². The predicted molar refractivity (Wildman–Crippen MR) is 140 cm³/mol. The van der Waals surface area contributed by atoms with E-state index >= 15 is 0 Å². The Hall–Kier alpha value is -0.200. The van der Waals surface area contributed by atoms with Crippen molar-refractivity contribution in [2.24, 2.45) is 17.6 Å². The molecule has 0 aromatic rings. The number of likely N-dealkylation sites (N-methyl/N-ethyl adjacent to an activating group) is 1. The molecule has 1 saturated carbocycles. The largest absolute Gasteiger partial charge is 0.330 e. The molecule has 3 saturated heterocycles. The van der Waals surface area contributed by atoms with Crippen molar-refractivity contribution in [1.82, 2.24) is 20.4 Å². The number of nitrogens with one attached hydrogen (secondary N) is 2. The molecule has 4 N–H and O–H groups in total. The summed E-state index contributed by atoms with van der Waals surface area (Å²) in [6.45, 7) is 11.9. The number of nitrogens with two attached hydrogens (primary N) is 1. The van der Waals surface area contributed by atoms with Crippen LogP contribution in [0, 0.1) is 11.8 Å². The Morgan fingerprint density at radius 1 is 0.656 bits per heavy atom. The number of hydrogen-bond acceptors (Lipinski definition) is 5. The second-order valence-corrected chi connectivity index (χ2v) is 10.7. The monoisotopic (exact) mass is 451 g/mol. The van der Waals surface area contributed by atoms with Gasteiger partial charge in [-0.1, -0.05) is 57.8 Å². The first-order chi connectivity index (χ1) is 15.8. The first-order valence-corrected chi connectivity index (χ1v) is 14.3. The third kappa shape index (κ3) is 14.1. The number of piperidine rings is 2. The topological polar surface area (TPSA) is 56.6 Å². The Labute approximate surface area is 200 Å². The summed E-state index contributed by atoms with van der Waals surface area (Å²) < 4.78 is 0. The van der Waals surface area contributed by atoms with E-state index in [1.807, 2.05) is 0 Å². The van der Waals surface area contributed by atoms with E-state index in [0.29, 0.717) is 0 Å². The Morgan fingerprint density at radius 3 is 1.75 bits per heavy atom. The lowest BCUT2D eigenvalue weighted by Crippen LogP contribution is -2.44. The summed E-state index contributed by atoms with van der Waals surface area (Å²) in [7, 11) is 2.18. The van der Waals surface area contributed by atoms with Crippen LogP contribution in [-0.2, 0) is 0 Å². The highest BCUT2D eigenvalue weighted by atomic mass is 15.2. The summed E-state index contributed by atoms with van der Waals surface area (Å²) in [6.07, 6.45) is 20.4. The number of piperazine rings is 1. The molecule has 5 nitrogen and oxygen atoms in total. The van der Waals surface area contributed by atoms with E-state index in [2.05, 4.69) is 27.5 Å². The van der Waals surface area contributed by atoms with Crippen LogP contribution < -0.4 is 16.4 Å². The molecule has 1 aliphatic carbocycles. The number of rotatable bonds is 7. The van der Waals surface area contributed by atoms with Gasteiger partial charge in [-0.2, -0.15) is 0 Å².